The summed E-state index contributed by atoms with van der Waals surface area (Å²) in [5, 5.41) is 0. The van der Waals surface area contributed by atoms with Crippen LogP contribution in [-0.2, 0) is 11.2 Å². The highest BCUT2D eigenvalue weighted by atomic mass is 16.2. The van der Waals surface area contributed by atoms with Crippen LogP contribution in [0.15, 0.2) is 24.3 Å². The van der Waals surface area contributed by atoms with Gasteiger partial charge in [-0.05, 0) is 43.4 Å². The molecule has 3 heteroatoms. The number of rotatable bonds is 2. The zero-order valence-electron chi connectivity index (χ0n) is 11.2. The summed E-state index contributed by atoms with van der Waals surface area (Å²) in [6.45, 7) is 5.28. The molecule has 3 nitrogen and oxygen atoms in total. The number of anilines is 1. The first kappa shape index (κ1) is 12.9. The first-order valence-electron chi connectivity index (χ1n) is 6.72. The number of nitrogens with two attached hydrogens (primary N) is 1. The molecule has 2 rings (SSSR count). The van der Waals surface area contributed by atoms with Crippen LogP contribution in [0.2, 0.25) is 0 Å². The molecule has 0 saturated carbocycles. The molecule has 1 heterocycles. The lowest BCUT2D eigenvalue weighted by Crippen LogP contribution is -2.46. The molecule has 18 heavy (non-hydrogen) atoms. The second-order valence-electron chi connectivity index (χ2n) is 5.37. The first-order valence-corrected chi connectivity index (χ1v) is 6.72. The molecule has 98 valence electrons. The highest BCUT2D eigenvalue weighted by molar-refractivity contribution is 5.79. The number of nitrogen functional groups attached to an aromatic ring is 1. The molecule has 0 radical (unpaired) electrons. The summed E-state index contributed by atoms with van der Waals surface area (Å²) in [4.78, 5) is 14.3. The highest BCUT2D eigenvalue weighted by Gasteiger charge is 2.27. The van der Waals surface area contributed by atoms with Gasteiger partial charge in [0, 0.05) is 18.3 Å². The van der Waals surface area contributed by atoms with Crippen LogP contribution in [0, 0.1) is 5.92 Å². The first-order chi connectivity index (χ1) is 8.58. The van der Waals surface area contributed by atoms with Crippen LogP contribution in [0.3, 0.4) is 0 Å². The molecule has 1 saturated heterocycles. The van der Waals surface area contributed by atoms with Gasteiger partial charge < -0.3 is 10.6 Å². The number of likely N-dealkylation sites (tertiary alicyclic amines) is 1. The van der Waals surface area contributed by atoms with E-state index in [2.05, 4.69) is 13.8 Å². The Balaban J connectivity index is 2.03. The van der Waals surface area contributed by atoms with Crippen LogP contribution in [0.1, 0.15) is 32.3 Å². The molecule has 0 bridgehead atoms. The van der Waals surface area contributed by atoms with Crippen molar-refractivity contribution in [3.05, 3.63) is 29.8 Å². The third kappa shape index (κ3) is 2.84. The number of nitrogens with zero attached hydrogens (tertiary/aromatic N) is 1. The fourth-order valence-corrected chi connectivity index (χ4v) is 2.67. The van der Waals surface area contributed by atoms with Crippen molar-refractivity contribution in [1.29, 1.82) is 0 Å². The van der Waals surface area contributed by atoms with E-state index in [1.54, 1.807) is 0 Å². The largest absolute Gasteiger partial charge is 0.399 e. The topological polar surface area (TPSA) is 46.3 Å². The van der Waals surface area contributed by atoms with Gasteiger partial charge in [0.1, 0.15) is 0 Å². The highest BCUT2D eigenvalue weighted by Crippen LogP contribution is 2.23. The van der Waals surface area contributed by atoms with Crippen molar-refractivity contribution in [2.45, 2.75) is 39.2 Å². The van der Waals surface area contributed by atoms with Gasteiger partial charge in [-0.2, -0.15) is 0 Å². The lowest BCUT2D eigenvalue weighted by atomic mass is 9.91. The molecule has 1 fully saturated rings. The van der Waals surface area contributed by atoms with Gasteiger partial charge >= 0.3 is 0 Å². The van der Waals surface area contributed by atoms with Gasteiger partial charge in [-0.1, -0.05) is 19.1 Å². The molecular weight excluding hydrogens is 224 g/mol. The van der Waals surface area contributed by atoms with Crippen LogP contribution in [-0.4, -0.2) is 23.4 Å². The molecule has 2 atom stereocenters. The normalized spacial score (nSPS) is 24.0. The number of hydrogen-bond acceptors (Lipinski definition) is 2. The predicted octanol–water partition coefficient (Wildman–Crippen LogP) is 2.46. The molecule has 0 aromatic heterocycles. The number of carbonyl (C=O) groups is 1. The van der Waals surface area contributed by atoms with E-state index >= 15 is 0 Å². The minimum atomic E-state index is 0.222. The number of amides is 1. The molecule has 1 aliphatic heterocycles. The van der Waals surface area contributed by atoms with Gasteiger partial charge in [0.15, 0.2) is 0 Å². The Labute approximate surface area is 109 Å². The van der Waals surface area contributed by atoms with Crippen molar-refractivity contribution in [3.63, 3.8) is 0 Å². The van der Waals surface area contributed by atoms with E-state index < -0.39 is 0 Å². The molecular formula is C15H22N2O. The number of benzene rings is 1. The molecule has 1 aliphatic rings. The average molecular weight is 246 g/mol. The summed E-state index contributed by atoms with van der Waals surface area (Å²) >= 11 is 0. The standard InChI is InChI=1S/C15H22N2O/c1-11-5-4-8-17(12(11)2)15(18)10-13-6-3-7-14(16)9-13/h3,6-7,9,11-12H,4-5,8,10,16H2,1-2H3. The van der Waals surface area contributed by atoms with E-state index in [9.17, 15) is 4.79 Å². The molecule has 0 spiro atoms. The van der Waals surface area contributed by atoms with Crippen molar-refractivity contribution >= 4 is 11.6 Å². The fraction of sp³-hybridized carbons (Fsp3) is 0.533. The maximum atomic E-state index is 12.3. The summed E-state index contributed by atoms with van der Waals surface area (Å²) in [7, 11) is 0. The van der Waals surface area contributed by atoms with E-state index in [0.717, 1.165) is 24.2 Å². The molecule has 2 N–H and O–H groups in total. The Kier molecular flexibility index (Phi) is 3.90. The van der Waals surface area contributed by atoms with Gasteiger partial charge in [-0.15, -0.1) is 0 Å². The maximum Gasteiger partial charge on any atom is 0.227 e. The van der Waals surface area contributed by atoms with E-state index in [0.29, 0.717) is 18.4 Å². The Morgan fingerprint density at radius 2 is 2.22 bits per heavy atom. The van der Waals surface area contributed by atoms with Gasteiger partial charge in [0.2, 0.25) is 5.91 Å². The second kappa shape index (κ2) is 5.42. The van der Waals surface area contributed by atoms with Crippen molar-refractivity contribution in [3.8, 4) is 0 Å². The van der Waals surface area contributed by atoms with Crippen molar-refractivity contribution in [1.82, 2.24) is 4.90 Å². The number of piperidine rings is 1. The van der Waals surface area contributed by atoms with Gasteiger partial charge in [0.25, 0.3) is 0 Å². The lowest BCUT2D eigenvalue weighted by Gasteiger charge is -2.38. The van der Waals surface area contributed by atoms with E-state index in [1.807, 2.05) is 29.2 Å². The van der Waals surface area contributed by atoms with Crippen LogP contribution in [0.25, 0.3) is 0 Å². The Morgan fingerprint density at radius 3 is 2.94 bits per heavy atom. The predicted molar refractivity (Wildman–Crippen MR) is 74.1 cm³/mol. The lowest BCUT2D eigenvalue weighted by molar-refractivity contribution is -0.135. The third-order valence-electron chi connectivity index (χ3n) is 4.00. The van der Waals surface area contributed by atoms with Crippen LogP contribution in [0.4, 0.5) is 5.69 Å². The minimum absolute atomic E-state index is 0.222. The number of carbonyl (C=O) groups excluding carboxylic acids is 1. The van der Waals surface area contributed by atoms with E-state index in [1.165, 1.54) is 6.42 Å². The van der Waals surface area contributed by atoms with Crippen molar-refractivity contribution in [2.24, 2.45) is 5.92 Å². The number of hydrogen-bond donors (Lipinski definition) is 1. The Hall–Kier alpha value is -1.51. The van der Waals surface area contributed by atoms with Crippen LogP contribution >= 0.6 is 0 Å². The Morgan fingerprint density at radius 1 is 1.44 bits per heavy atom. The van der Waals surface area contributed by atoms with Crippen LogP contribution in [0.5, 0.6) is 0 Å². The zero-order valence-corrected chi connectivity index (χ0v) is 11.2. The fourth-order valence-electron chi connectivity index (χ4n) is 2.67. The molecule has 2 unspecified atom stereocenters. The molecule has 1 aromatic rings. The average Bonchev–Trinajstić information content (AvgIpc) is 2.32. The summed E-state index contributed by atoms with van der Waals surface area (Å²) in [6, 6.07) is 7.95. The van der Waals surface area contributed by atoms with E-state index in [4.69, 9.17) is 5.73 Å². The quantitative estimate of drug-likeness (QED) is 0.815. The zero-order chi connectivity index (χ0) is 13.1. The molecule has 1 amide bonds. The third-order valence-corrected chi connectivity index (χ3v) is 4.00. The molecule has 0 aliphatic carbocycles. The van der Waals surface area contributed by atoms with Crippen molar-refractivity contribution in [2.75, 3.05) is 12.3 Å². The summed E-state index contributed by atoms with van der Waals surface area (Å²) in [5.74, 6) is 0.822. The monoisotopic (exact) mass is 246 g/mol. The summed E-state index contributed by atoms with van der Waals surface area (Å²) in [5.41, 5.74) is 7.46. The Bertz CT molecular complexity index is 430. The SMILES string of the molecule is CC1CCCN(C(=O)Cc2cccc(N)c2)C1C. The van der Waals surface area contributed by atoms with Gasteiger partial charge in [0.05, 0.1) is 6.42 Å². The van der Waals surface area contributed by atoms with Crippen LogP contribution < -0.4 is 5.73 Å². The van der Waals surface area contributed by atoms with Gasteiger partial charge in [-0.25, -0.2) is 0 Å². The summed E-state index contributed by atoms with van der Waals surface area (Å²) < 4.78 is 0. The maximum absolute atomic E-state index is 12.3. The van der Waals surface area contributed by atoms with E-state index in [-0.39, 0.29) is 5.91 Å². The van der Waals surface area contributed by atoms with Crippen molar-refractivity contribution < 1.29 is 4.79 Å². The summed E-state index contributed by atoms with van der Waals surface area (Å²) in [6.07, 6.45) is 2.81. The molecule has 1 aromatic carbocycles. The smallest absolute Gasteiger partial charge is 0.227 e. The minimum Gasteiger partial charge on any atom is -0.399 e. The second-order valence-corrected chi connectivity index (χ2v) is 5.37. The van der Waals surface area contributed by atoms with Gasteiger partial charge in [-0.3, -0.25) is 4.79 Å².